The first-order chi connectivity index (χ1) is 13.7. The molecule has 30 heavy (non-hydrogen) atoms. The lowest BCUT2D eigenvalue weighted by atomic mass is 9.93. The third-order valence-corrected chi connectivity index (χ3v) is 5.47. The molecule has 1 aromatic rings. The van der Waals surface area contributed by atoms with Gasteiger partial charge in [-0.05, 0) is 68.5 Å². The Kier molecular flexibility index (Phi) is 11.2. The van der Waals surface area contributed by atoms with Crippen molar-refractivity contribution in [2.45, 2.75) is 38.9 Å². The Morgan fingerprint density at radius 3 is 2.40 bits per heavy atom. The number of benzene rings is 1. The van der Waals surface area contributed by atoms with Crippen LogP contribution in [-0.2, 0) is 6.54 Å². The Morgan fingerprint density at radius 2 is 1.87 bits per heavy atom. The lowest BCUT2D eigenvalue weighted by molar-refractivity contribution is -0.148. The molecule has 2 rings (SSSR count). The van der Waals surface area contributed by atoms with E-state index in [0.29, 0.717) is 25.6 Å². The van der Waals surface area contributed by atoms with Crippen molar-refractivity contribution in [3.8, 4) is 0 Å². The van der Waals surface area contributed by atoms with Crippen LogP contribution in [0.1, 0.15) is 30.4 Å². The normalized spacial score (nSPS) is 16.2. The number of halogens is 4. The molecule has 1 heterocycles. The van der Waals surface area contributed by atoms with Gasteiger partial charge in [0.15, 0.2) is 5.96 Å². The Bertz CT molecular complexity index is 671. The molecule has 0 spiro atoms. The monoisotopic (exact) mass is 541 g/mol. The number of aliphatic imine (C=N–C) groups is 1. The number of hydrogen-bond acceptors (Lipinski definition) is 3. The van der Waals surface area contributed by atoms with Gasteiger partial charge >= 0.3 is 6.18 Å². The van der Waals surface area contributed by atoms with Gasteiger partial charge in [0, 0.05) is 39.9 Å². The first kappa shape index (κ1) is 26.8. The van der Waals surface area contributed by atoms with E-state index in [0.717, 1.165) is 31.8 Å². The third kappa shape index (κ3) is 9.28. The molecule has 0 radical (unpaired) electrons. The zero-order valence-electron chi connectivity index (χ0n) is 18.4. The summed E-state index contributed by atoms with van der Waals surface area (Å²) >= 11 is 0. The van der Waals surface area contributed by atoms with Crippen LogP contribution in [0.25, 0.3) is 0 Å². The minimum atomic E-state index is -4.10. The highest BCUT2D eigenvalue weighted by atomic mass is 127. The maximum atomic E-state index is 12.5. The van der Waals surface area contributed by atoms with Gasteiger partial charge in [-0.3, -0.25) is 9.89 Å². The Morgan fingerprint density at radius 1 is 1.20 bits per heavy atom. The van der Waals surface area contributed by atoms with Crippen molar-refractivity contribution in [3.63, 3.8) is 0 Å². The number of rotatable bonds is 7. The standard InChI is InChI=1S/C21H34F3N5.HI/c1-16-13-19(28(3)4)6-5-18(16)14-27-20(25-2)26-10-7-17-8-11-29(12-9-17)15-21(22,23)24;/h5-6,13,17H,7-12,14-15H2,1-4H3,(H2,25,26,27);1H. The molecule has 0 saturated carbocycles. The van der Waals surface area contributed by atoms with E-state index in [1.54, 1.807) is 7.05 Å². The van der Waals surface area contributed by atoms with Gasteiger partial charge in [-0.1, -0.05) is 6.07 Å². The van der Waals surface area contributed by atoms with Crippen molar-refractivity contribution >= 4 is 35.6 Å². The van der Waals surface area contributed by atoms with Gasteiger partial charge in [0.05, 0.1) is 6.54 Å². The van der Waals surface area contributed by atoms with Crippen molar-refractivity contribution in [1.82, 2.24) is 15.5 Å². The quantitative estimate of drug-likeness (QED) is 0.311. The molecular weight excluding hydrogens is 506 g/mol. The molecule has 5 nitrogen and oxygen atoms in total. The van der Waals surface area contributed by atoms with Gasteiger partial charge in [-0.15, -0.1) is 24.0 Å². The highest BCUT2D eigenvalue weighted by molar-refractivity contribution is 14.0. The summed E-state index contributed by atoms with van der Waals surface area (Å²) in [4.78, 5) is 7.86. The fourth-order valence-electron chi connectivity index (χ4n) is 3.64. The van der Waals surface area contributed by atoms with Gasteiger partial charge in [-0.2, -0.15) is 13.2 Å². The number of guanidine groups is 1. The van der Waals surface area contributed by atoms with Crippen LogP contribution in [0.15, 0.2) is 23.2 Å². The summed E-state index contributed by atoms with van der Waals surface area (Å²) in [5, 5.41) is 6.66. The SMILES string of the molecule is CN=C(NCCC1CCN(CC(F)(F)F)CC1)NCc1ccc(N(C)C)cc1C.I. The number of alkyl halides is 3. The molecule has 0 unspecified atom stereocenters. The average Bonchev–Trinajstić information content (AvgIpc) is 2.65. The van der Waals surface area contributed by atoms with Crippen molar-refractivity contribution < 1.29 is 13.2 Å². The molecule has 172 valence electrons. The molecule has 2 N–H and O–H groups in total. The highest BCUT2D eigenvalue weighted by Gasteiger charge is 2.32. The van der Waals surface area contributed by atoms with Crippen LogP contribution in [0.4, 0.5) is 18.9 Å². The van der Waals surface area contributed by atoms with Gasteiger partial charge in [0.1, 0.15) is 0 Å². The Hall–Kier alpha value is -1.23. The zero-order valence-corrected chi connectivity index (χ0v) is 20.7. The first-order valence-corrected chi connectivity index (χ1v) is 10.2. The van der Waals surface area contributed by atoms with E-state index in [1.807, 2.05) is 14.1 Å². The predicted molar refractivity (Wildman–Crippen MR) is 129 cm³/mol. The number of nitrogens with zero attached hydrogens (tertiary/aromatic N) is 3. The minimum absolute atomic E-state index is 0. The first-order valence-electron chi connectivity index (χ1n) is 10.2. The smallest absolute Gasteiger partial charge is 0.378 e. The van der Waals surface area contributed by atoms with Crippen LogP contribution >= 0.6 is 24.0 Å². The summed E-state index contributed by atoms with van der Waals surface area (Å²) in [5.41, 5.74) is 3.62. The number of piperidine rings is 1. The van der Waals surface area contributed by atoms with Gasteiger partial charge < -0.3 is 15.5 Å². The van der Waals surface area contributed by atoms with Crippen molar-refractivity contribution in [3.05, 3.63) is 29.3 Å². The van der Waals surface area contributed by atoms with Gasteiger partial charge in [-0.25, -0.2) is 0 Å². The second-order valence-corrected chi connectivity index (χ2v) is 7.98. The van der Waals surface area contributed by atoms with E-state index in [4.69, 9.17) is 0 Å². The number of nitrogens with one attached hydrogen (secondary N) is 2. The number of likely N-dealkylation sites (tertiary alicyclic amines) is 1. The fourth-order valence-corrected chi connectivity index (χ4v) is 3.64. The summed E-state index contributed by atoms with van der Waals surface area (Å²) in [7, 11) is 5.80. The molecule has 0 amide bonds. The van der Waals surface area contributed by atoms with Gasteiger partial charge in [0.2, 0.25) is 0 Å². The third-order valence-electron chi connectivity index (χ3n) is 5.47. The summed E-state index contributed by atoms with van der Waals surface area (Å²) < 4.78 is 37.4. The number of anilines is 1. The second-order valence-electron chi connectivity index (χ2n) is 7.98. The van der Waals surface area contributed by atoms with E-state index in [-0.39, 0.29) is 24.0 Å². The van der Waals surface area contributed by atoms with E-state index in [1.165, 1.54) is 21.7 Å². The molecule has 0 aliphatic carbocycles. The van der Waals surface area contributed by atoms with E-state index >= 15 is 0 Å². The predicted octanol–water partition coefficient (Wildman–Crippen LogP) is 4.01. The number of aryl methyl sites for hydroxylation is 1. The summed E-state index contributed by atoms with van der Waals surface area (Å²) in [6.45, 7) is 3.82. The molecule has 9 heteroatoms. The molecule has 1 aromatic carbocycles. The minimum Gasteiger partial charge on any atom is -0.378 e. The summed E-state index contributed by atoms with van der Waals surface area (Å²) in [6.07, 6.45) is -1.52. The van der Waals surface area contributed by atoms with Crippen LogP contribution in [-0.4, -0.2) is 64.4 Å². The van der Waals surface area contributed by atoms with Crippen LogP contribution in [0.2, 0.25) is 0 Å². The van der Waals surface area contributed by atoms with Crippen molar-refractivity contribution in [2.24, 2.45) is 10.9 Å². The fraction of sp³-hybridized carbons (Fsp3) is 0.667. The molecule has 0 aromatic heterocycles. The molecular formula is C21H35F3IN5. The van der Waals surface area contributed by atoms with Crippen LogP contribution < -0.4 is 15.5 Å². The maximum Gasteiger partial charge on any atom is 0.401 e. The Labute approximate surface area is 195 Å². The van der Waals surface area contributed by atoms with Crippen LogP contribution in [0.3, 0.4) is 0 Å². The highest BCUT2D eigenvalue weighted by Crippen LogP contribution is 2.24. The van der Waals surface area contributed by atoms with Crippen LogP contribution in [0, 0.1) is 12.8 Å². The lowest BCUT2D eigenvalue weighted by Crippen LogP contribution is -2.41. The Balaban J connectivity index is 0.00000450. The summed E-state index contributed by atoms with van der Waals surface area (Å²) in [5.74, 6) is 1.21. The average molecular weight is 541 g/mol. The molecule has 1 fully saturated rings. The second kappa shape index (κ2) is 12.6. The lowest BCUT2D eigenvalue weighted by Gasteiger charge is -2.32. The van der Waals surface area contributed by atoms with Crippen LogP contribution in [0.5, 0.6) is 0 Å². The molecule has 1 aliphatic heterocycles. The maximum absolute atomic E-state index is 12.5. The largest absolute Gasteiger partial charge is 0.401 e. The molecule has 1 aliphatic rings. The molecule has 0 bridgehead atoms. The summed E-state index contributed by atoms with van der Waals surface area (Å²) in [6, 6.07) is 6.39. The molecule has 1 saturated heterocycles. The molecule has 0 atom stereocenters. The topological polar surface area (TPSA) is 42.9 Å². The zero-order chi connectivity index (χ0) is 21.4. The van der Waals surface area contributed by atoms with Crippen molar-refractivity contribution in [1.29, 1.82) is 0 Å². The van der Waals surface area contributed by atoms with Crippen molar-refractivity contribution in [2.75, 3.05) is 52.2 Å². The van der Waals surface area contributed by atoms with E-state index in [2.05, 4.69) is 45.6 Å². The van der Waals surface area contributed by atoms with Gasteiger partial charge in [0.25, 0.3) is 0 Å². The number of hydrogen-bond donors (Lipinski definition) is 2. The van der Waals surface area contributed by atoms with E-state index < -0.39 is 12.7 Å². The van der Waals surface area contributed by atoms with E-state index in [9.17, 15) is 13.2 Å².